The summed E-state index contributed by atoms with van der Waals surface area (Å²) in [6, 6.07) is 8.28. The summed E-state index contributed by atoms with van der Waals surface area (Å²) in [5, 5.41) is 3.15. The minimum Gasteiger partial charge on any atom is -0.491 e. The van der Waals surface area contributed by atoms with Crippen LogP contribution in [-0.4, -0.2) is 41.9 Å². The molecule has 0 aliphatic carbocycles. The van der Waals surface area contributed by atoms with Crippen LogP contribution in [0.3, 0.4) is 0 Å². The summed E-state index contributed by atoms with van der Waals surface area (Å²) in [7, 11) is 0. The molecule has 0 radical (unpaired) electrons. The average molecular weight is 403 g/mol. The van der Waals surface area contributed by atoms with Crippen molar-refractivity contribution in [2.45, 2.75) is 79.4 Å². The third-order valence-electron chi connectivity index (χ3n) is 5.27. The van der Waals surface area contributed by atoms with Gasteiger partial charge in [0.05, 0.1) is 12.0 Å². The summed E-state index contributed by atoms with van der Waals surface area (Å²) in [6.45, 7) is 13.2. The Hall–Kier alpha value is -2.04. The number of nitrogens with one attached hydrogen (secondary N) is 1. The smallest absolute Gasteiger partial charge is 0.227 e. The van der Waals surface area contributed by atoms with Gasteiger partial charge in [0, 0.05) is 24.5 Å². The largest absolute Gasteiger partial charge is 0.491 e. The predicted octanol–water partition coefficient (Wildman–Crippen LogP) is 4.20. The number of amides is 2. The molecule has 1 aliphatic heterocycles. The molecular weight excluding hydrogens is 364 g/mol. The molecule has 2 unspecified atom stereocenters. The zero-order valence-electron chi connectivity index (χ0n) is 19.0. The third-order valence-corrected chi connectivity index (χ3v) is 5.27. The van der Waals surface area contributed by atoms with Crippen molar-refractivity contribution in [1.82, 2.24) is 10.2 Å². The van der Waals surface area contributed by atoms with Crippen LogP contribution < -0.4 is 10.1 Å². The van der Waals surface area contributed by atoms with Gasteiger partial charge in [-0.2, -0.15) is 0 Å². The van der Waals surface area contributed by atoms with E-state index < -0.39 is 5.41 Å². The number of ether oxygens (including phenoxy) is 1. The van der Waals surface area contributed by atoms with Crippen molar-refractivity contribution in [3.05, 3.63) is 29.8 Å². The zero-order valence-corrected chi connectivity index (χ0v) is 19.0. The molecule has 1 saturated heterocycles. The van der Waals surface area contributed by atoms with Crippen LogP contribution in [0.2, 0.25) is 0 Å². The summed E-state index contributed by atoms with van der Waals surface area (Å²) < 4.78 is 5.68. The van der Waals surface area contributed by atoms with Crippen molar-refractivity contribution < 1.29 is 14.3 Å². The number of hydrogen-bond donors (Lipinski definition) is 1. The van der Waals surface area contributed by atoms with E-state index in [2.05, 4.69) is 24.4 Å². The van der Waals surface area contributed by atoms with Crippen LogP contribution in [0.4, 0.5) is 0 Å². The Bertz CT molecular complexity index is 676. The van der Waals surface area contributed by atoms with Crippen molar-refractivity contribution in [2.75, 3.05) is 13.1 Å². The second kappa shape index (κ2) is 10.1. The molecule has 0 saturated carbocycles. The average Bonchev–Trinajstić information content (AvgIpc) is 2.65. The van der Waals surface area contributed by atoms with Gasteiger partial charge in [0.2, 0.25) is 11.8 Å². The molecule has 1 aromatic carbocycles. The van der Waals surface area contributed by atoms with Crippen molar-refractivity contribution in [3.63, 3.8) is 0 Å². The van der Waals surface area contributed by atoms with Crippen LogP contribution in [0.15, 0.2) is 24.3 Å². The summed E-state index contributed by atoms with van der Waals surface area (Å²) in [5.41, 5.74) is 0.836. The van der Waals surface area contributed by atoms with E-state index in [4.69, 9.17) is 4.74 Å². The minimum absolute atomic E-state index is 0.0737. The standard InChI is InChI=1S/C24H38N2O3/c1-17(2)29-21-13-11-19(12-14-21)10-9-18(3)25-22(27)20-8-7-15-26(16-20)23(28)24(4,5)6/h11-14,17-18,20H,7-10,15-16H2,1-6H3,(H,25,27). The first-order valence-corrected chi connectivity index (χ1v) is 10.9. The third kappa shape index (κ3) is 7.37. The molecule has 1 aliphatic rings. The lowest BCUT2D eigenvalue weighted by atomic mass is 9.90. The maximum Gasteiger partial charge on any atom is 0.227 e. The van der Waals surface area contributed by atoms with Gasteiger partial charge in [0.25, 0.3) is 0 Å². The number of nitrogens with zero attached hydrogens (tertiary/aromatic N) is 1. The Labute approximate surface area is 176 Å². The number of hydrogen-bond acceptors (Lipinski definition) is 3. The molecule has 162 valence electrons. The quantitative estimate of drug-likeness (QED) is 0.744. The van der Waals surface area contributed by atoms with Crippen LogP contribution in [-0.2, 0) is 16.0 Å². The lowest BCUT2D eigenvalue weighted by Crippen LogP contribution is -2.49. The lowest BCUT2D eigenvalue weighted by Gasteiger charge is -2.36. The highest BCUT2D eigenvalue weighted by molar-refractivity contribution is 5.84. The molecule has 1 heterocycles. The molecule has 5 nitrogen and oxygen atoms in total. The van der Waals surface area contributed by atoms with Gasteiger partial charge in [0.1, 0.15) is 5.75 Å². The highest BCUT2D eigenvalue weighted by Crippen LogP contribution is 2.24. The molecule has 29 heavy (non-hydrogen) atoms. The Morgan fingerprint density at radius 1 is 1.17 bits per heavy atom. The van der Waals surface area contributed by atoms with Crippen LogP contribution in [0.1, 0.15) is 66.4 Å². The number of piperidine rings is 1. The van der Waals surface area contributed by atoms with Gasteiger partial charge in [-0.15, -0.1) is 0 Å². The van der Waals surface area contributed by atoms with Gasteiger partial charge < -0.3 is 15.0 Å². The van der Waals surface area contributed by atoms with Gasteiger partial charge in [-0.1, -0.05) is 32.9 Å². The molecule has 0 spiro atoms. The fourth-order valence-corrected chi connectivity index (χ4v) is 3.67. The fraction of sp³-hybridized carbons (Fsp3) is 0.667. The van der Waals surface area contributed by atoms with E-state index in [1.54, 1.807) is 0 Å². The summed E-state index contributed by atoms with van der Waals surface area (Å²) in [4.78, 5) is 27.1. The first-order chi connectivity index (χ1) is 13.6. The minimum atomic E-state index is -0.401. The Morgan fingerprint density at radius 2 is 1.83 bits per heavy atom. The van der Waals surface area contributed by atoms with Crippen LogP contribution >= 0.6 is 0 Å². The SMILES string of the molecule is CC(CCc1ccc(OC(C)C)cc1)NC(=O)C1CCCN(C(=O)C(C)(C)C)C1. The second-order valence-corrected chi connectivity index (χ2v) is 9.60. The topological polar surface area (TPSA) is 58.6 Å². The summed E-state index contributed by atoms with van der Waals surface area (Å²) in [6.07, 6.45) is 3.70. The number of aryl methyl sites for hydroxylation is 1. The molecular formula is C24H38N2O3. The van der Waals surface area contributed by atoms with E-state index in [1.165, 1.54) is 5.56 Å². The van der Waals surface area contributed by atoms with Gasteiger partial charge in [0.15, 0.2) is 0 Å². The van der Waals surface area contributed by atoms with Gasteiger partial charge in [-0.05, 0) is 64.2 Å². The lowest BCUT2D eigenvalue weighted by molar-refractivity contribution is -0.142. The van der Waals surface area contributed by atoms with Gasteiger partial charge in [-0.25, -0.2) is 0 Å². The maximum atomic E-state index is 12.7. The molecule has 1 N–H and O–H groups in total. The molecule has 1 aromatic rings. The first kappa shape index (κ1) is 23.2. The van der Waals surface area contributed by atoms with Crippen molar-refractivity contribution in [2.24, 2.45) is 11.3 Å². The van der Waals surface area contributed by atoms with Crippen molar-refractivity contribution in [3.8, 4) is 5.75 Å². The Kier molecular flexibility index (Phi) is 8.12. The summed E-state index contributed by atoms with van der Waals surface area (Å²) >= 11 is 0. The number of carbonyl (C=O) groups is 2. The van der Waals surface area contributed by atoms with Crippen LogP contribution in [0, 0.1) is 11.3 Å². The van der Waals surface area contributed by atoms with E-state index >= 15 is 0 Å². The van der Waals surface area contributed by atoms with E-state index in [0.717, 1.165) is 38.0 Å². The number of carbonyl (C=O) groups excluding carboxylic acids is 2. The Morgan fingerprint density at radius 3 is 2.41 bits per heavy atom. The van der Waals surface area contributed by atoms with E-state index in [-0.39, 0.29) is 29.9 Å². The van der Waals surface area contributed by atoms with Crippen LogP contribution in [0.25, 0.3) is 0 Å². The maximum absolute atomic E-state index is 12.7. The molecule has 0 bridgehead atoms. The Balaban J connectivity index is 1.80. The molecule has 1 fully saturated rings. The molecule has 2 atom stereocenters. The van der Waals surface area contributed by atoms with Gasteiger partial charge >= 0.3 is 0 Å². The number of benzene rings is 1. The second-order valence-electron chi connectivity index (χ2n) is 9.60. The van der Waals surface area contributed by atoms with Gasteiger partial charge in [-0.3, -0.25) is 9.59 Å². The molecule has 2 rings (SSSR count). The van der Waals surface area contributed by atoms with Crippen LogP contribution in [0.5, 0.6) is 5.75 Å². The van der Waals surface area contributed by atoms with Crippen molar-refractivity contribution in [1.29, 1.82) is 0 Å². The highest BCUT2D eigenvalue weighted by Gasteiger charge is 2.33. The van der Waals surface area contributed by atoms with E-state index in [9.17, 15) is 9.59 Å². The fourth-order valence-electron chi connectivity index (χ4n) is 3.67. The first-order valence-electron chi connectivity index (χ1n) is 10.9. The zero-order chi connectivity index (χ0) is 21.6. The highest BCUT2D eigenvalue weighted by atomic mass is 16.5. The van der Waals surface area contributed by atoms with E-state index in [0.29, 0.717) is 6.54 Å². The normalized spacial score (nSPS) is 18.4. The monoisotopic (exact) mass is 402 g/mol. The van der Waals surface area contributed by atoms with E-state index in [1.807, 2.05) is 51.7 Å². The summed E-state index contributed by atoms with van der Waals surface area (Å²) in [5.74, 6) is 0.985. The predicted molar refractivity (Wildman–Crippen MR) is 117 cm³/mol. The molecule has 0 aromatic heterocycles. The number of rotatable bonds is 7. The van der Waals surface area contributed by atoms with Crippen molar-refractivity contribution >= 4 is 11.8 Å². The molecule has 5 heteroatoms. The molecule has 2 amide bonds. The number of likely N-dealkylation sites (tertiary alicyclic amines) is 1.